The van der Waals surface area contributed by atoms with Crippen LogP contribution in [0, 0.1) is 5.92 Å². The van der Waals surface area contributed by atoms with Crippen LogP contribution in [-0.2, 0) is 10.0 Å². The van der Waals surface area contributed by atoms with Gasteiger partial charge >= 0.3 is 0 Å². The largest absolute Gasteiger partial charge is 0.329 e. The molecular formula is C6H13ClN2O2S. The van der Waals surface area contributed by atoms with Crippen LogP contribution in [0.1, 0.15) is 6.42 Å². The Morgan fingerprint density at radius 2 is 2.25 bits per heavy atom. The highest BCUT2D eigenvalue weighted by Gasteiger charge is 2.69. The van der Waals surface area contributed by atoms with Gasteiger partial charge in [0.15, 0.2) is 0 Å². The van der Waals surface area contributed by atoms with Crippen molar-refractivity contribution < 1.29 is 8.42 Å². The van der Waals surface area contributed by atoms with Crippen LogP contribution in [0.3, 0.4) is 0 Å². The summed E-state index contributed by atoms with van der Waals surface area (Å²) < 4.78 is 23.9. The first-order valence-corrected chi connectivity index (χ1v) is 5.14. The number of hydrogen-bond donors (Lipinski definition) is 1. The minimum atomic E-state index is -3.03. The molecule has 0 bridgehead atoms. The summed E-state index contributed by atoms with van der Waals surface area (Å²) in [6, 6.07) is 0. The molecule has 1 aliphatic carbocycles. The second kappa shape index (κ2) is 2.57. The van der Waals surface area contributed by atoms with Gasteiger partial charge in [0.1, 0.15) is 4.75 Å². The van der Waals surface area contributed by atoms with Crippen LogP contribution < -0.4 is 5.73 Å². The average molecular weight is 213 g/mol. The van der Waals surface area contributed by atoms with E-state index in [1.165, 1.54) is 4.31 Å². The van der Waals surface area contributed by atoms with Gasteiger partial charge in [0.25, 0.3) is 0 Å². The molecule has 2 unspecified atom stereocenters. The van der Waals surface area contributed by atoms with Crippen LogP contribution in [0.15, 0.2) is 0 Å². The predicted molar refractivity (Wildman–Crippen MR) is 48.7 cm³/mol. The molecule has 2 atom stereocenters. The van der Waals surface area contributed by atoms with Gasteiger partial charge in [0.05, 0.1) is 0 Å². The maximum atomic E-state index is 11.5. The van der Waals surface area contributed by atoms with Gasteiger partial charge in [0.2, 0.25) is 10.0 Å². The van der Waals surface area contributed by atoms with Crippen LogP contribution in [-0.4, -0.2) is 37.6 Å². The minimum absolute atomic E-state index is 0. The van der Waals surface area contributed by atoms with Gasteiger partial charge in [0, 0.05) is 20.1 Å². The van der Waals surface area contributed by atoms with Gasteiger partial charge in [-0.25, -0.2) is 12.7 Å². The molecule has 0 radical (unpaired) electrons. The highest BCUT2D eigenvalue weighted by Crippen LogP contribution is 2.55. The first-order chi connectivity index (χ1) is 5.04. The van der Waals surface area contributed by atoms with Crippen LogP contribution in [0.2, 0.25) is 0 Å². The molecule has 0 aromatic rings. The highest BCUT2D eigenvalue weighted by atomic mass is 35.5. The zero-order valence-electron chi connectivity index (χ0n) is 6.86. The summed E-state index contributed by atoms with van der Waals surface area (Å²) in [4.78, 5) is 0. The first kappa shape index (κ1) is 10.2. The van der Waals surface area contributed by atoms with Crippen LogP contribution in [0.5, 0.6) is 0 Å². The molecule has 6 heteroatoms. The molecule has 2 fully saturated rings. The maximum absolute atomic E-state index is 11.5. The number of rotatable bonds is 1. The molecule has 0 aromatic heterocycles. The smallest absolute Gasteiger partial charge is 0.221 e. The Balaban J connectivity index is 0.000000720. The molecule has 1 heterocycles. The lowest BCUT2D eigenvalue weighted by molar-refractivity contribution is 0.481. The zero-order valence-corrected chi connectivity index (χ0v) is 8.49. The third kappa shape index (κ3) is 0.878. The van der Waals surface area contributed by atoms with Gasteiger partial charge in [-0.3, -0.25) is 0 Å². The van der Waals surface area contributed by atoms with Crippen LogP contribution in [0.4, 0.5) is 0 Å². The van der Waals surface area contributed by atoms with E-state index in [0.717, 1.165) is 6.42 Å². The van der Waals surface area contributed by atoms with Crippen molar-refractivity contribution in [3.05, 3.63) is 0 Å². The monoisotopic (exact) mass is 212 g/mol. The second-order valence-electron chi connectivity index (χ2n) is 3.46. The normalized spacial score (nSPS) is 43.3. The minimum Gasteiger partial charge on any atom is -0.329 e. The van der Waals surface area contributed by atoms with E-state index in [-0.39, 0.29) is 19.0 Å². The third-order valence-corrected chi connectivity index (χ3v) is 5.59. The number of nitrogens with zero attached hydrogens (tertiary/aromatic N) is 1. The SMILES string of the molecule is CN1CC2CC2(CN)S1(=O)=O.Cl. The maximum Gasteiger partial charge on any atom is 0.221 e. The summed E-state index contributed by atoms with van der Waals surface area (Å²) in [5.41, 5.74) is 5.44. The van der Waals surface area contributed by atoms with Crippen LogP contribution >= 0.6 is 12.4 Å². The van der Waals surface area contributed by atoms with E-state index < -0.39 is 14.8 Å². The van der Waals surface area contributed by atoms with Crippen molar-refractivity contribution in [2.24, 2.45) is 11.7 Å². The van der Waals surface area contributed by atoms with E-state index in [2.05, 4.69) is 0 Å². The molecule has 12 heavy (non-hydrogen) atoms. The topological polar surface area (TPSA) is 63.4 Å². The number of halogens is 1. The van der Waals surface area contributed by atoms with Crippen molar-refractivity contribution in [3.8, 4) is 0 Å². The zero-order chi connectivity index (χ0) is 8.28. The van der Waals surface area contributed by atoms with E-state index in [1.807, 2.05) is 0 Å². The molecule has 4 nitrogen and oxygen atoms in total. The summed E-state index contributed by atoms with van der Waals surface area (Å²) in [6.07, 6.45) is 0.774. The number of hydrogen-bond acceptors (Lipinski definition) is 3. The molecule has 2 rings (SSSR count). The molecule has 0 aromatic carbocycles. The van der Waals surface area contributed by atoms with Crippen molar-refractivity contribution in [1.29, 1.82) is 0 Å². The Hall–Kier alpha value is 0.160. The summed E-state index contributed by atoms with van der Waals surface area (Å²) >= 11 is 0. The van der Waals surface area contributed by atoms with E-state index in [1.54, 1.807) is 7.05 Å². The Kier molecular flexibility index (Phi) is 2.20. The summed E-state index contributed by atoms with van der Waals surface area (Å²) in [6.45, 7) is 0.948. The van der Waals surface area contributed by atoms with Crippen molar-refractivity contribution in [3.63, 3.8) is 0 Å². The molecule has 1 aliphatic heterocycles. The number of nitrogens with two attached hydrogens (primary N) is 1. The van der Waals surface area contributed by atoms with Gasteiger partial charge in [-0.15, -0.1) is 12.4 Å². The molecule has 0 amide bonds. The molecule has 72 valence electrons. The molecule has 2 aliphatic rings. The fraction of sp³-hybridized carbons (Fsp3) is 1.00. The lowest BCUT2D eigenvalue weighted by Crippen LogP contribution is -2.36. The van der Waals surface area contributed by atoms with E-state index in [9.17, 15) is 8.42 Å². The van der Waals surface area contributed by atoms with Crippen molar-refractivity contribution >= 4 is 22.4 Å². The quantitative estimate of drug-likeness (QED) is 0.632. The average Bonchev–Trinajstić information content (AvgIpc) is 2.59. The molecule has 1 saturated heterocycles. The van der Waals surface area contributed by atoms with Gasteiger partial charge in [-0.2, -0.15) is 0 Å². The fourth-order valence-corrected chi connectivity index (χ4v) is 4.09. The van der Waals surface area contributed by atoms with E-state index in [0.29, 0.717) is 12.5 Å². The lowest BCUT2D eigenvalue weighted by Gasteiger charge is -2.15. The van der Waals surface area contributed by atoms with Crippen molar-refractivity contribution in [1.82, 2.24) is 4.31 Å². The Bertz CT molecular complexity index is 288. The Morgan fingerprint density at radius 1 is 1.67 bits per heavy atom. The molecule has 0 spiro atoms. The van der Waals surface area contributed by atoms with E-state index in [4.69, 9.17) is 5.73 Å². The van der Waals surface area contributed by atoms with Crippen molar-refractivity contribution in [2.45, 2.75) is 11.2 Å². The fourth-order valence-electron chi connectivity index (χ4n) is 1.98. The molecular weight excluding hydrogens is 200 g/mol. The van der Waals surface area contributed by atoms with Gasteiger partial charge < -0.3 is 5.73 Å². The van der Waals surface area contributed by atoms with Gasteiger partial charge in [-0.05, 0) is 12.3 Å². The van der Waals surface area contributed by atoms with Crippen molar-refractivity contribution in [2.75, 3.05) is 20.1 Å². The Labute approximate surface area is 78.6 Å². The number of sulfonamides is 1. The first-order valence-electron chi connectivity index (χ1n) is 3.70. The summed E-state index contributed by atoms with van der Waals surface area (Å²) in [7, 11) is -1.41. The molecule has 2 N–H and O–H groups in total. The van der Waals surface area contributed by atoms with Crippen LogP contribution in [0.25, 0.3) is 0 Å². The number of fused-ring (bicyclic) bond motifs is 1. The predicted octanol–water partition coefficient (Wildman–Crippen LogP) is -0.599. The third-order valence-electron chi connectivity index (χ3n) is 2.92. The van der Waals surface area contributed by atoms with E-state index >= 15 is 0 Å². The van der Waals surface area contributed by atoms with Gasteiger partial charge in [-0.1, -0.05) is 0 Å². The highest BCUT2D eigenvalue weighted by molar-refractivity contribution is 7.91. The lowest BCUT2D eigenvalue weighted by atomic mass is 10.3. The Morgan fingerprint density at radius 3 is 2.50 bits per heavy atom. The second-order valence-corrected chi connectivity index (χ2v) is 5.84. The summed E-state index contributed by atoms with van der Waals surface area (Å²) in [5.74, 6) is 0.308. The summed E-state index contributed by atoms with van der Waals surface area (Å²) in [5, 5.41) is 0. The molecule has 1 saturated carbocycles. The standard InChI is InChI=1S/C6H12N2O2S.ClH/c1-8-3-5-2-6(5,4-7)11(8,9)10;/h5H,2-4,7H2,1H3;1H.